The maximum absolute atomic E-state index is 11.8. The summed E-state index contributed by atoms with van der Waals surface area (Å²) < 4.78 is 0. The number of carbonyl (C=O) groups is 1. The van der Waals surface area contributed by atoms with Crippen molar-refractivity contribution in [3.8, 4) is 0 Å². The van der Waals surface area contributed by atoms with Crippen molar-refractivity contribution in [2.45, 2.75) is 13.8 Å². The maximum Gasteiger partial charge on any atom is 0.323 e. The summed E-state index contributed by atoms with van der Waals surface area (Å²) >= 11 is 0. The van der Waals surface area contributed by atoms with Crippen LogP contribution in [0.25, 0.3) is 0 Å². The number of hydrogen-bond acceptors (Lipinski definition) is 1. The minimum Gasteiger partial charge on any atom is -0.308 e. The van der Waals surface area contributed by atoms with Gasteiger partial charge < -0.3 is 10.6 Å². The van der Waals surface area contributed by atoms with Crippen LogP contribution in [-0.4, -0.2) is 6.03 Å². The van der Waals surface area contributed by atoms with Crippen LogP contribution in [0.15, 0.2) is 48.5 Å². The van der Waals surface area contributed by atoms with Gasteiger partial charge in [-0.05, 0) is 37.6 Å². The van der Waals surface area contributed by atoms with E-state index in [4.69, 9.17) is 0 Å². The van der Waals surface area contributed by atoms with Gasteiger partial charge in [-0.25, -0.2) is 4.79 Å². The summed E-state index contributed by atoms with van der Waals surface area (Å²) in [5.41, 5.74) is 3.81. The van der Waals surface area contributed by atoms with Gasteiger partial charge in [-0.1, -0.05) is 35.9 Å². The number of anilines is 2. The maximum atomic E-state index is 11.8. The summed E-state index contributed by atoms with van der Waals surface area (Å²) in [7, 11) is 0. The zero-order valence-electron chi connectivity index (χ0n) is 10.5. The standard InChI is InChI=1S/C15H16N2O/c1-11-7-9-13(10-8-11)16-15(18)17-14-6-4-3-5-12(14)2/h3-10H,1-2H3,(H2,16,17,18). The second-order valence-corrected chi connectivity index (χ2v) is 4.26. The SMILES string of the molecule is Cc1ccc(NC(=O)Nc2ccccc2C)cc1. The second-order valence-electron chi connectivity index (χ2n) is 4.26. The molecular weight excluding hydrogens is 224 g/mol. The Labute approximate surface area is 107 Å². The summed E-state index contributed by atoms with van der Waals surface area (Å²) in [6, 6.07) is 15.1. The lowest BCUT2D eigenvalue weighted by Crippen LogP contribution is -2.19. The van der Waals surface area contributed by atoms with Crippen LogP contribution in [0, 0.1) is 13.8 Å². The monoisotopic (exact) mass is 240 g/mol. The molecule has 18 heavy (non-hydrogen) atoms. The zero-order valence-corrected chi connectivity index (χ0v) is 10.5. The molecule has 0 heterocycles. The average molecular weight is 240 g/mol. The minimum atomic E-state index is -0.229. The highest BCUT2D eigenvalue weighted by atomic mass is 16.2. The van der Waals surface area contributed by atoms with E-state index in [0.29, 0.717) is 0 Å². The molecule has 2 aromatic rings. The molecule has 0 unspecified atom stereocenters. The van der Waals surface area contributed by atoms with Crippen LogP contribution in [0.2, 0.25) is 0 Å². The van der Waals surface area contributed by atoms with Gasteiger partial charge in [0, 0.05) is 11.4 Å². The first-order valence-electron chi connectivity index (χ1n) is 5.85. The van der Waals surface area contributed by atoms with Crippen LogP contribution >= 0.6 is 0 Å². The lowest BCUT2D eigenvalue weighted by Gasteiger charge is -2.09. The third-order valence-electron chi connectivity index (χ3n) is 2.70. The normalized spacial score (nSPS) is 9.89. The molecule has 2 aromatic carbocycles. The van der Waals surface area contributed by atoms with Crippen molar-refractivity contribution < 1.29 is 4.79 Å². The van der Waals surface area contributed by atoms with Crippen molar-refractivity contribution >= 4 is 17.4 Å². The molecule has 2 rings (SSSR count). The number of amides is 2. The predicted octanol–water partition coefficient (Wildman–Crippen LogP) is 3.95. The Bertz CT molecular complexity index is 547. The van der Waals surface area contributed by atoms with Crippen LogP contribution < -0.4 is 10.6 Å². The van der Waals surface area contributed by atoms with E-state index < -0.39 is 0 Å². The van der Waals surface area contributed by atoms with E-state index in [1.54, 1.807) is 0 Å². The Balaban J connectivity index is 2.01. The second kappa shape index (κ2) is 5.36. The fourth-order valence-electron chi connectivity index (χ4n) is 1.63. The third-order valence-corrected chi connectivity index (χ3v) is 2.70. The Morgan fingerprint density at radius 1 is 0.889 bits per heavy atom. The number of para-hydroxylation sites is 1. The van der Waals surface area contributed by atoms with Crippen LogP contribution in [0.3, 0.4) is 0 Å². The van der Waals surface area contributed by atoms with Crippen molar-refractivity contribution in [2.75, 3.05) is 10.6 Å². The van der Waals surface area contributed by atoms with Crippen LogP contribution in [-0.2, 0) is 0 Å². The highest BCUT2D eigenvalue weighted by molar-refractivity contribution is 6.00. The van der Waals surface area contributed by atoms with E-state index in [0.717, 1.165) is 16.9 Å². The summed E-state index contributed by atoms with van der Waals surface area (Å²) in [5.74, 6) is 0. The molecule has 0 aliphatic carbocycles. The van der Waals surface area contributed by atoms with Gasteiger partial charge in [0.1, 0.15) is 0 Å². The zero-order chi connectivity index (χ0) is 13.0. The Morgan fingerprint density at radius 2 is 1.56 bits per heavy atom. The van der Waals surface area contributed by atoms with Crippen LogP contribution in [0.1, 0.15) is 11.1 Å². The fourth-order valence-corrected chi connectivity index (χ4v) is 1.63. The number of rotatable bonds is 2. The van der Waals surface area contributed by atoms with E-state index in [2.05, 4.69) is 10.6 Å². The molecule has 0 radical (unpaired) electrons. The molecule has 0 spiro atoms. The molecule has 3 heteroatoms. The van der Waals surface area contributed by atoms with Gasteiger partial charge in [-0.2, -0.15) is 0 Å². The molecule has 2 N–H and O–H groups in total. The topological polar surface area (TPSA) is 41.1 Å². The minimum absolute atomic E-state index is 0.229. The Morgan fingerprint density at radius 3 is 2.22 bits per heavy atom. The molecule has 0 saturated heterocycles. The smallest absolute Gasteiger partial charge is 0.308 e. The average Bonchev–Trinajstić information content (AvgIpc) is 2.35. The van der Waals surface area contributed by atoms with E-state index in [1.807, 2.05) is 62.4 Å². The van der Waals surface area contributed by atoms with E-state index >= 15 is 0 Å². The number of benzene rings is 2. The molecule has 0 atom stereocenters. The number of aryl methyl sites for hydroxylation is 2. The van der Waals surface area contributed by atoms with Crippen molar-refractivity contribution in [2.24, 2.45) is 0 Å². The van der Waals surface area contributed by atoms with Gasteiger partial charge in [0.25, 0.3) is 0 Å². The van der Waals surface area contributed by atoms with Crippen LogP contribution in [0.5, 0.6) is 0 Å². The molecule has 3 nitrogen and oxygen atoms in total. The van der Waals surface area contributed by atoms with Crippen LogP contribution in [0.4, 0.5) is 16.2 Å². The Hall–Kier alpha value is -2.29. The third kappa shape index (κ3) is 3.10. The summed E-state index contributed by atoms with van der Waals surface area (Å²) in [6.45, 7) is 3.97. The first-order chi connectivity index (χ1) is 8.65. The molecule has 0 saturated carbocycles. The van der Waals surface area contributed by atoms with Crippen molar-refractivity contribution in [1.29, 1.82) is 0 Å². The van der Waals surface area contributed by atoms with Gasteiger partial charge in [0.2, 0.25) is 0 Å². The molecule has 0 aliphatic heterocycles. The molecule has 0 fully saturated rings. The van der Waals surface area contributed by atoms with E-state index in [1.165, 1.54) is 5.56 Å². The molecule has 0 aromatic heterocycles. The Kier molecular flexibility index (Phi) is 3.63. The van der Waals surface area contributed by atoms with E-state index in [-0.39, 0.29) is 6.03 Å². The predicted molar refractivity (Wildman–Crippen MR) is 75.0 cm³/mol. The quantitative estimate of drug-likeness (QED) is 0.820. The summed E-state index contributed by atoms with van der Waals surface area (Å²) in [5, 5.41) is 5.62. The van der Waals surface area contributed by atoms with Gasteiger partial charge in [-0.15, -0.1) is 0 Å². The van der Waals surface area contributed by atoms with Gasteiger partial charge in [0.05, 0.1) is 0 Å². The number of hydrogen-bond donors (Lipinski definition) is 2. The summed E-state index contributed by atoms with van der Waals surface area (Å²) in [4.78, 5) is 11.8. The largest absolute Gasteiger partial charge is 0.323 e. The van der Waals surface area contributed by atoms with Gasteiger partial charge in [-0.3, -0.25) is 0 Å². The lowest BCUT2D eigenvalue weighted by atomic mass is 10.2. The van der Waals surface area contributed by atoms with Crippen molar-refractivity contribution in [3.63, 3.8) is 0 Å². The molecule has 92 valence electrons. The summed E-state index contributed by atoms with van der Waals surface area (Å²) in [6.07, 6.45) is 0. The first kappa shape index (κ1) is 12.2. The van der Waals surface area contributed by atoms with Gasteiger partial charge >= 0.3 is 6.03 Å². The number of carbonyl (C=O) groups excluding carboxylic acids is 1. The van der Waals surface area contributed by atoms with E-state index in [9.17, 15) is 4.79 Å². The highest BCUT2D eigenvalue weighted by Crippen LogP contribution is 2.14. The van der Waals surface area contributed by atoms with Gasteiger partial charge in [0.15, 0.2) is 0 Å². The lowest BCUT2D eigenvalue weighted by molar-refractivity contribution is 0.262. The van der Waals surface area contributed by atoms with Crippen molar-refractivity contribution in [3.05, 3.63) is 59.7 Å². The first-order valence-corrected chi connectivity index (χ1v) is 5.85. The number of nitrogens with one attached hydrogen (secondary N) is 2. The fraction of sp³-hybridized carbons (Fsp3) is 0.133. The van der Waals surface area contributed by atoms with Crippen molar-refractivity contribution in [1.82, 2.24) is 0 Å². The highest BCUT2D eigenvalue weighted by Gasteiger charge is 2.03. The molecule has 0 bridgehead atoms. The molecule has 0 aliphatic rings. The number of urea groups is 1. The molecule has 2 amide bonds. The molecular formula is C15H16N2O.